The molecule has 0 radical (unpaired) electrons. The van der Waals surface area contributed by atoms with E-state index in [1.807, 2.05) is 0 Å². The predicted molar refractivity (Wildman–Crippen MR) is 55.8 cm³/mol. The van der Waals surface area contributed by atoms with E-state index in [0.717, 1.165) is 0 Å². The second-order valence-electron chi connectivity index (χ2n) is 4.67. The maximum atomic E-state index is 11.2. The quantitative estimate of drug-likeness (QED) is 0.636. The molecule has 84 valence electrons. The second-order valence-corrected chi connectivity index (χ2v) is 4.67. The highest BCUT2D eigenvalue weighted by Crippen LogP contribution is 2.32. The molecule has 0 aromatic carbocycles. The Balaban J connectivity index is 1.48. The number of hydrogen-bond donors (Lipinski definition) is 2. The third-order valence-corrected chi connectivity index (χ3v) is 2.91. The van der Waals surface area contributed by atoms with Gasteiger partial charge in [0.25, 0.3) is 0 Å². The molecule has 0 aromatic rings. The molecule has 4 heteroatoms. The molecular formula is C11H18N2O2. The largest absolute Gasteiger partial charge is 0.339 e. The summed E-state index contributed by atoms with van der Waals surface area (Å²) in [7, 11) is 0. The molecule has 0 aliphatic heterocycles. The SMILES string of the molecule is O=C(CC1CC1)NCNC(=O)CC1CC1. The minimum atomic E-state index is 0.0595. The third-order valence-electron chi connectivity index (χ3n) is 2.91. The fourth-order valence-corrected chi connectivity index (χ4v) is 1.55. The number of carbonyl (C=O) groups excluding carboxylic acids is 2. The van der Waals surface area contributed by atoms with Crippen molar-refractivity contribution in [2.45, 2.75) is 38.5 Å². The van der Waals surface area contributed by atoms with Crippen LogP contribution in [0.5, 0.6) is 0 Å². The summed E-state index contributed by atoms with van der Waals surface area (Å²) in [5.74, 6) is 1.33. The molecule has 0 heterocycles. The second kappa shape index (κ2) is 4.64. The van der Waals surface area contributed by atoms with Gasteiger partial charge in [-0.05, 0) is 37.5 Å². The van der Waals surface area contributed by atoms with Crippen molar-refractivity contribution in [2.24, 2.45) is 11.8 Å². The first-order valence-electron chi connectivity index (χ1n) is 5.77. The molecule has 15 heavy (non-hydrogen) atoms. The molecule has 2 rings (SSSR count). The summed E-state index contributed by atoms with van der Waals surface area (Å²) < 4.78 is 0. The van der Waals surface area contributed by atoms with Crippen LogP contribution < -0.4 is 10.6 Å². The zero-order valence-corrected chi connectivity index (χ0v) is 8.92. The van der Waals surface area contributed by atoms with Gasteiger partial charge in [-0.3, -0.25) is 9.59 Å². The van der Waals surface area contributed by atoms with E-state index in [-0.39, 0.29) is 18.5 Å². The molecule has 2 aliphatic carbocycles. The molecule has 4 nitrogen and oxygen atoms in total. The topological polar surface area (TPSA) is 58.2 Å². The Morgan fingerprint density at radius 3 is 1.60 bits per heavy atom. The molecule has 2 amide bonds. The molecule has 0 spiro atoms. The van der Waals surface area contributed by atoms with Gasteiger partial charge in [-0.1, -0.05) is 0 Å². The monoisotopic (exact) mass is 210 g/mol. The highest BCUT2D eigenvalue weighted by molar-refractivity contribution is 5.79. The molecule has 2 fully saturated rings. The Morgan fingerprint density at radius 2 is 1.27 bits per heavy atom. The first-order valence-corrected chi connectivity index (χ1v) is 5.77. The van der Waals surface area contributed by atoms with E-state index in [1.54, 1.807) is 0 Å². The first kappa shape index (κ1) is 10.5. The Morgan fingerprint density at radius 1 is 0.867 bits per heavy atom. The molecule has 0 aromatic heterocycles. The highest BCUT2D eigenvalue weighted by atomic mass is 16.2. The van der Waals surface area contributed by atoms with Crippen LogP contribution in [0.2, 0.25) is 0 Å². The van der Waals surface area contributed by atoms with Crippen molar-refractivity contribution < 1.29 is 9.59 Å². The average molecular weight is 210 g/mol. The molecule has 2 N–H and O–H groups in total. The lowest BCUT2D eigenvalue weighted by atomic mass is 10.3. The fourth-order valence-electron chi connectivity index (χ4n) is 1.55. The normalized spacial score (nSPS) is 19.7. The molecular weight excluding hydrogens is 192 g/mol. The molecule has 0 bridgehead atoms. The smallest absolute Gasteiger partial charge is 0.221 e. The maximum absolute atomic E-state index is 11.2. The van der Waals surface area contributed by atoms with Crippen LogP contribution in [0.25, 0.3) is 0 Å². The van der Waals surface area contributed by atoms with E-state index in [2.05, 4.69) is 10.6 Å². The Kier molecular flexibility index (Phi) is 3.23. The van der Waals surface area contributed by atoms with E-state index < -0.39 is 0 Å². The Bertz CT molecular complexity index is 231. The highest BCUT2D eigenvalue weighted by Gasteiger charge is 2.25. The number of carbonyl (C=O) groups is 2. The van der Waals surface area contributed by atoms with Crippen molar-refractivity contribution >= 4 is 11.8 Å². The van der Waals surface area contributed by atoms with Gasteiger partial charge in [-0.15, -0.1) is 0 Å². The van der Waals surface area contributed by atoms with Gasteiger partial charge in [0.1, 0.15) is 0 Å². The van der Waals surface area contributed by atoms with Gasteiger partial charge in [-0.2, -0.15) is 0 Å². The van der Waals surface area contributed by atoms with E-state index in [0.29, 0.717) is 24.7 Å². The van der Waals surface area contributed by atoms with Crippen LogP contribution in [0.3, 0.4) is 0 Å². The van der Waals surface area contributed by atoms with Crippen LogP contribution in [-0.2, 0) is 9.59 Å². The molecule has 0 saturated heterocycles. The van der Waals surface area contributed by atoms with E-state index in [1.165, 1.54) is 25.7 Å². The van der Waals surface area contributed by atoms with Gasteiger partial charge in [0, 0.05) is 12.8 Å². The first-order chi connectivity index (χ1) is 7.24. The Labute approximate surface area is 89.8 Å². The van der Waals surface area contributed by atoms with Crippen LogP contribution in [0, 0.1) is 11.8 Å². The minimum absolute atomic E-state index is 0.0595. The van der Waals surface area contributed by atoms with Crippen molar-refractivity contribution in [1.29, 1.82) is 0 Å². The van der Waals surface area contributed by atoms with Gasteiger partial charge >= 0.3 is 0 Å². The van der Waals surface area contributed by atoms with E-state index in [4.69, 9.17) is 0 Å². The van der Waals surface area contributed by atoms with Crippen LogP contribution in [0.4, 0.5) is 0 Å². The van der Waals surface area contributed by atoms with Crippen molar-refractivity contribution in [3.05, 3.63) is 0 Å². The summed E-state index contributed by atoms with van der Waals surface area (Å²) in [5, 5.41) is 5.42. The summed E-state index contributed by atoms with van der Waals surface area (Å²) in [6, 6.07) is 0. The summed E-state index contributed by atoms with van der Waals surface area (Å²) in [4.78, 5) is 22.5. The predicted octanol–water partition coefficient (Wildman–Crippen LogP) is 0.776. The Hall–Kier alpha value is -1.06. The number of hydrogen-bond acceptors (Lipinski definition) is 2. The molecule has 0 atom stereocenters. The van der Waals surface area contributed by atoms with Gasteiger partial charge in [-0.25, -0.2) is 0 Å². The zero-order valence-electron chi connectivity index (χ0n) is 8.92. The lowest BCUT2D eigenvalue weighted by Gasteiger charge is -2.06. The van der Waals surface area contributed by atoms with Gasteiger partial charge in [0.05, 0.1) is 6.67 Å². The van der Waals surface area contributed by atoms with Crippen molar-refractivity contribution in [3.8, 4) is 0 Å². The standard InChI is InChI=1S/C11H18N2O2/c14-10(5-8-1-2-8)12-7-13-11(15)6-9-3-4-9/h8-9H,1-7H2,(H,12,14)(H,13,15). The summed E-state index contributed by atoms with van der Waals surface area (Å²) in [6.45, 7) is 0.289. The van der Waals surface area contributed by atoms with Crippen LogP contribution in [0.15, 0.2) is 0 Å². The zero-order chi connectivity index (χ0) is 10.7. The number of nitrogens with one attached hydrogen (secondary N) is 2. The third kappa shape index (κ3) is 4.32. The summed E-state index contributed by atoms with van der Waals surface area (Å²) in [5.41, 5.74) is 0. The summed E-state index contributed by atoms with van der Waals surface area (Å²) in [6.07, 6.45) is 5.98. The van der Waals surface area contributed by atoms with Crippen molar-refractivity contribution in [1.82, 2.24) is 10.6 Å². The average Bonchev–Trinajstić information content (AvgIpc) is 2.99. The van der Waals surface area contributed by atoms with E-state index >= 15 is 0 Å². The van der Waals surface area contributed by atoms with Gasteiger partial charge in [0.15, 0.2) is 0 Å². The van der Waals surface area contributed by atoms with Crippen molar-refractivity contribution in [3.63, 3.8) is 0 Å². The lowest BCUT2D eigenvalue weighted by Crippen LogP contribution is -2.37. The molecule has 0 unspecified atom stereocenters. The van der Waals surface area contributed by atoms with Crippen LogP contribution in [-0.4, -0.2) is 18.5 Å². The van der Waals surface area contributed by atoms with Gasteiger partial charge in [0.2, 0.25) is 11.8 Å². The van der Waals surface area contributed by atoms with E-state index in [9.17, 15) is 9.59 Å². The van der Waals surface area contributed by atoms with Crippen LogP contribution in [0.1, 0.15) is 38.5 Å². The minimum Gasteiger partial charge on any atom is -0.339 e. The summed E-state index contributed by atoms with van der Waals surface area (Å²) >= 11 is 0. The van der Waals surface area contributed by atoms with Crippen LogP contribution >= 0.6 is 0 Å². The number of amides is 2. The lowest BCUT2D eigenvalue weighted by molar-refractivity contribution is -0.123. The molecule has 2 saturated carbocycles. The molecule has 2 aliphatic rings. The maximum Gasteiger partial charge on any atom is 0.221 e. The number of rotatable bonds is 6. The fraction of sp³-hybridized carbons (Fsp3) is 0.818. The van der Waals surface area contributed by atoms with Gasteiger partial charge < -0.3 is 10.6 Å². The van der Waals surface area contributed by atoms with Crippen molar-refractivity contribution in [2.75, 3.05) is 6.67 Å².